The van der Waals surface area contributed by atoms with Gasteiger partial charge in [0.1, 0.15) is 5.82 Å². The van der Waals surface area contributed by atoms with E-state index in [-0.39, 0.29) is 11.9 Å². The number of nitrogens with one attached hydrogen (secondary N) is 2. The van der Waals surface area contributed by atoms with Crippen molar-refractivity contribution in [2.45, 2.75) is 18.9 Å². The molecule has 2 aromatic heterocycles. The van der Waals surface area contributed by atoms with Gasteiger partial charge in [0, 0.05) is 19.2 Å². The van der Waals surface area contributed by atoms with Gasteiger partial charge in [0.2, 0.25) is 0 Å². The Labute approximate surface area is 139 Å². The number of H-pyrrole nitrogens is 1. The monoisotopic (exact) mass is 322 g/mol. The summed E-state index contributed by atoms with van der Waals surface area (Å²) in [5, 5.41) is 3.00. The fraction of sp³-hybridized carbons (Fsp3) is 0.294. The summed E-state index contributed by atoms with van der Waals surface area (Å²) in [5.74, 6) is 0.733. The van der Waals surface area contributed by atoms with E-state index in [2.05, 4.69) is 25.3 Å². The summed E-state index contributed by atoms with van der Waals surface area (Å²) < 4.78 is 0. The second kappa shape index (κ2) is 5.92. The molecule has 3 aromatic rings. The van der Waals surface area contributed by atoms with Crippen molar-refractivity contribution >= 4 is 22.8 Å². The Kier molecular flexibility index (Phi) is 3.60. The largest absolute Gasteiger partial charge is 0.372 e. The third-order valence-corrected chi connectivity index (χ3v) is 4.43. The number of rotatable bonds is 3. The molecule has 3 heterocycles. The van der Waals surface area contributed by atoms with Crippen LogP contribution < -0.4 is 5.32 Å². The van der Waals surface area contributed by atoms with E-state index >= 15 is 0 Å². The van der Waals surface area contributed by atoms with E-state index in [4.69, 9.17) is 0 Å². The van der Waals surface area contributed by atoms with Gasteiger partial charge in [-0.1, -0.05) is 0 Å². The van der Waals surface area contributed by atoms with Crippen LogP contribution in [0, 0.1) is 0 Å². The molecule has 1 saturated heterocycles. The summed E-state index contributed by atoms with van der Waals surface area (Å²) >= 11 is 0. The van der Waals surface area contributed by atoms with Gasteiger partial charge in [-0.25, -0.2) is 9.97 Å². The van der Waals surface area contributed by atoms with Crippen LogP contribution in [0.15, 0.2) is 36.9 Å². The summed E-state index contributed by atoms with van der Waals surface area (Å²) in [6.45, 7) is 0.732. The van der Waals surface area contributed by atoms with E-state index in [0.717, 1.165) is 36.1 Å². The molecule has 2 N–H and O–H groups in total. The molecule has 1 atom stereocenters. The van der Waals surface area contributed by atoms with Crippen LogP contribution in [0.3, 0.4) is 0 Å². The highest BCUT2D eigenvalue weighted by molar-refractivity contribution is 5.97. The topological polar surface area (TPSA) is 86.8 Å². The van der Waals surface area contributed by atoms with Gasteiger partial charge in [0.15, 0.2) is 0 Å². The van der Waals surface area contributed by atoms with Crippen LogP contribution in [0.2, 0.25) is 0 Å². The molecule has 0 aliphatic carbocycles. The first-order valence-corrected chi connectivity index (χ1v) is 8.00. The highest BCUT2D eigenvalue weighted by Crippen LogP contribution is 2.32. The smallest absolute Gasteiger partial charge is 0.254 e. The number of likely N-dealkylation sites (tertiary alicyclic amines) is 1. The number of benzene rings is 1. The maximum atomic E-state index is 13.0. The van der Waals surface area contributed by atoms with Crippen molar-refractivity contribution in [3.8, 4) is 0 Å². The molecule has 1 aromatic carbocycles. The lowest BCUT2D eigenvalue weighted by atomic mass is 10.1. The van der Waals surface area contributed by atoms with Crippen molar-refractivity contribution in [3.63, 3.8) is 0 Å². The van der Waals surface area contributed by atoms with Gasteiger partial charge in [-0.15, -0.1) is 0 Å². The molecular weight excluding hydrogens is 304 g/mol. The molecule has 7 nitrogen and oxygen atoms in total. The normalized spacial score (nSPS) is 17.4. The van der Waals surface area contributed by atoms with E-state index in [1.807, 2.05) is 30.1 Å². The minimum absolute atomic E-state index is 0.0191. The quantitative estimate of drug-likeness (QED) is 0.773. The predicted molar refractivity (Wildman–Crippen MR) is 90.7 cm³/mol. The maximum Gasteiger partial charge on any atom is 0.254 e. The number of carbonyl (C=O) groups excluding carboxylic acids is 1. The molecule has 4 rings (SSSR count). The van der Waals surface area contributed by atoms with Crippen LogP contribution in [0.5, 0.6) is 0 Å². The Balaban J connectivity index is 1.64. The first-order valence-electron chi connectivity index (χ1n) is 8.00. The zero-order valence-electron chi connectivity index (χ0n) is 13.4. The lowest BCUT2D eigenvalue weighted by Crippen LogP contribution is -2.31. The lowest BCUT2D eigenvalue weighted by Gasteiger charge is -2.24. The SMILES string of the molecule is CNc1cncc([C@H]2CCCN2C(=O)c2ccc3nc[nH]c3c2)n1. The lowest BCUT2D eigenvalue weighted by molar-refractivity contribution is 0.0733. The molecule has 0 bridgehead atoms. The van der Waals surface area contributed by atoms with Crippen LogP contribution in [0.1, 0.15) is 34.9 Å². The fourth-order valence-corrected chi connectivity index (χ4v) is 3.21. The Hall–Kier alpha value is -2.96. The highest BCUT2D eigenvalue weighted by Gasteiger charge is 2.32. The number of imidazole rings is 1. The van der Waals surface area contributed by atoms with Gasteiger partial charge in [0.05, 0.1) is 41.5 Å². The van der Waals surface area contributed by atoms with Gasteiger partial charge in [0.25, 0.3) is 5.91 Å². The Morgan fingerprint density at radius 2 is 2.29 bits per heavy atom. The van der Waals surface area contributed by atoms with E-state index in [9.17, 15) is 4.79 Å². The fourth-order valence-electron chi connectivity index (χ4n) is 3.21. The molecule has 122 valence electrons. The van der Waals surface area contributed by atoms with Crippen LogP contribution in [-0.4, -0.2) is 44.3 Å². The van der Waals surface area contributed by atoms with Crippen molar-refractivity contribution in [3.05, 3.63) is 48.2 Å². The first kappa shape index (κ1) is 14.6. The third-order valence-electron chi connectivity index (χ3n) is 4.43. The predicted octanol–water partition coefficient (Wildman–Crippen LogP) is 2.37. The van der Waals surface area contributed by atoms with Crippen LogP contribution in [-0.2, 0) is 0 Å². The number of hydrogen-bond donors (Lipinski definition) is 2. The minimum atomic E-state index is -0.0317. The molecule has 1 fully saturated rings. The maximum absolute atomic E-state index is 13.0. The molecule has 24 heavy (non-hydrogen) atoms. The molecule has 1 aliphatic rings. The molecule has 1 amide bonds. The van der Waals surface area contributed by atoms with Crippen molar-refractivity contribution in [2.75, 3.05) is 18.9 Å². The number of fused-ring (bicyclic) bond motifs is 1. The average molecular weight is 322 g/mol. The molecule has 1 aliphatic heterocycles. The molecule has 0 unspecified atom stereocenters. The van der Waals surface area contributed by atoms with Crippen molar-refractivity contribution < 1.29 is 4.79 Å². The van der Waals surface area contributed by atoms with Crippen LogP contribution >= 0.6 is 0 Å². The van der Waals surface area contributed by atoms with Crippen molar-refractivity contribution in [2.24, 2.45) is 0 Å². The van der Waals surface area contributed by atoms with Crippen LogP contribution in [0.25, 0.3) is 11.0 Å². The standard InChI is InChI=1S/C17H18N6O/c1-18-16-9-19-8-14(22-16)15-3-2-6-23(15)17(24)11-4-5-12-13(7-11)21-10-20-12/h4-5,7-10,15H,2-3,6H2,1H3,(H,18,22)(H,20,21)/t15-/m1/s1. The van der Waals surface area contributed by atoms with Gasteiger partial charge >= 0.3 is 0 Å². The third kappa shape index (κ3) is 2.47. The number of amides is 1. The van der Waals surface area contributed by atoms with Gasteiger partial charge in [-0.05, 0) is 31.0 Å². The molecular formula is C17H18N6O. The second-order valence-corrected chi connectivity index (χ2v) is 5.87. The number of carbonyl (C=O) groups is 1. The molecule has 0 spiro atoms. The van der Waals surface area contributed by atoms with E-state index < -0.39 is 0 Å². The number of aromatic nitrogens is 4. The van der Waals surface area contributed by atoms with Crippen LogP contribution in [0.4, 0.5) is 5.82 Å². The number of hydrogen-bond acceptors (Lipinski definition) is 5. The highest BCUT2D eigenvalue weighted by atomic mass is 16.2. The summed E-state index contributed by atoms with van der Waals surface area (Å²) in [6.07, 6.45) is 6.93. The Bertz CT molecular complexity index is 889. The van der Waals surface area contributed by atoms with Crippen molar-refractivity contribution in [1.29, 1.82) is 0 Å². The van der Waals surface area contributed by atoms with Crippen molar-refractivity contribution in [1.82, 2.24) is 24.8 Å². The molecule has 7 heteroatoms. The summed E-state index contributed by atoms with van der Waals surface area (Å²) in [4.78, 5) is 30.9. The van der Waals surface area contributed by atoms with E-state index in [1.165, 1.54) is 0 Å². The number of nitrogens with zero attached hydrogens (tertiary/aromatic N) is 4. The first-order chi connectivity index (χ1) is 11.8. The summed E-state index contributed by atoms with van der Waals surface area (Å²) in [7, 11) is 1.81. The van der Waals surface area contributed by atoms with Gasteiger partial charge in [-0.2, -0.15) is 0 Å². The van der Waals surface area contributed by atoms with E-state index in [0.29, 0.717) is 11.4 Å². The Morgan fingerprint density at radius 1 is 1.38 bits per heavy atom. The number of anilines is 1. The van der Waals surface area contributed by atoms with E-state index in [1.54, 1.807) is 18.7 Å². The summed E-state index contributed by atoms with van der Waals surface area (Å²) in [5.41, 5.74) is 3.22. The summed E-state index contributed by atoms with van der Waals surface area (Å²) in [6, 6.07) is 5.52. The van der Waals surface area contributed by atoms with Gasteiger partial charge in [-0.3, -0.25) is 9.78 Å². The van der Waals surface area contributed by atoms with Gasteiger partial charge < -0.3 is 15.2 Å². The zero-order valence-corrected chi connectivity index (χ0v) is 13.4. The zero-order chi connectivity index (χ0) is 16.5. The minimum Gasteiger partial charge on any atom is -0.372 e. The molecule has 0 radical (unpaired) electrons. The Morgan fingerprint density at radius 3 is 3.17 bits per heavy atom. The second-order valence-electron chi connectivity index (χ2n) is 5.87. The average Bonchev–Trinajstić information content (AvgIpc) is 3.29. The molecule has 0 saturated carbocycles. The number of aromatic amines is 1.